The van der Waals surface area contributed by atoms with Crippen molar-refractivity contribution in [2.45, 2.75) is 77.9 Å². The first-order chi connectivity index (χ1) is 18.2. The Bertz CT molecular complexity index is 1170. The maximum atomic E-state index is 14.2. The zero-order chi connectivity index (χ0) is 26.9. The predicted octanol–water partition coefficient (Wildman–Crippen LogP) is 5.91. The van der Waals surface area contributed by atoms with Gasteiger partial charge in [0.05, 0.1) is 11.8 Å². The van der Waals surface area contributed by atoms with Gasteiger partial charge in [-0.05, 0) is 58.8 Å². The van der Waals surface area contributed by atoms with E-state index >= 15 is 0 Å². The van der Waals surface area contributed by atoms with Crippen LogP contribution in [0.2, 0.25) is 0 Å². The molecule has 2 aromatic carbocycles. The molecule has 0 unspecified atom stereocenters. The van der Waals surface area contributed by atoms with Gasteiger partial charge in [0.15, 0.2) is 0 Å². The van der Waals surface area contributed by atoms with Crippen molar-refractivity contribution in [3.63, 3.8) is 0 Å². The second kappa shape index (κ2) is 9.36. The number of nitrogens with zero attached hydrogens (tertiary/aromatic N) is 1. The molecule has 200 valence electrons. The molecule has 4 aliphatic carbocycles. The molecule has 5 nitrogen and oxygen atoms in total. The third-order valence-corrected chi connectivity index (χ3v) is 9.86. The fourth-order valence-corrected chi connectivity index (χ4v) is 8.12. The highest BCUT2D eigenvalue weighted by Crippen LogP contribution is 2.61. The minimum atomic E-state index is -0.906. The van der Waals surface area contributed by atoms with Crippen LogP contribution in [-0.4, -0.2) is 34.8 Å². The summed E-state index contributed by atoms with van der Waals surface area (Å²) in [6.07, 6.45) is 2.84. The van der Waals surface area contributed by atoms with Crippen molar-refractivity contribution >= 4 is 17.8 Å². The molecule has 7 rings (SSSR count). The van der Waals surface area contributed by atoms with Gasteiger partial charge in [-0.25, -0.2) is 4.79 Å². The SMILES string of the molecule is CC(C)[C@@H]1CC[C@@H](C)C[C@H]1OC(=O)[C@@H](C(C)C)N1C(=O)[C@@H]2C3c4ccccc4C(c4ccccc43)[C@@H]2C1=O. The monoisotopic (exact) mass is 513 g/mol. The maximum Gasteiger partial charge on any atom is 0.329 e. The fourth-order valence-electron chi connectivity index (χ4n) is 8.12. The number of ether oxygens (including phenoxy) is 1. The van der Waals surface area contributed by atoms with Gasteiger partial charge in [-0.1, -0.05) is 89.6 Å². The van der Waals surface area contributed by atoms with E-state index < -0.39 is 23.8 Å². The zero-order valence-corrected chi connectivity index (χ0v) is 23.1. The highest BCUT2D eigenvalue weighted by molar-refractivity contribution is 6.10. The molecule has 1 aliphatic heterocycles. The van der Waals surface area contributed by atoms with E-state index in [-0.39, 0.29) is 35.7 Å². The lowest BCUT2D eigenvalue weighted by molar-refractivity contribution is -0.169. The Balaban J connectivity index is 1.36. The summed E-state index contributed by atoms with van der Waals surface area (Å²) in [5, 5.41) is 0. The van der Waals surface area contributed by atoms with E-state index in [1.54, 1.807) is 0 Å². The van der Waals surface area contributed by atoms with E-state index in [4.69, 9.17) is 4.74 Å². The first-order valence-corrected chi connectivity index (χ1v) is 14.5. The van der Waals surface area contributed by atoms with Crippen LogP contribution < -0.4 is 0 Å². The molecule has 2 fully saturated rings. The Morgan fingerprint density at radius 2 is 1.29 bits per heavy atom. The van der Waals surface area contributed by atoms with Crippen LogP contribution >= 0.6 is 0 Å². The van der Waals surface area contributed by atoms with Gasteiger partial charge in [-0.3, -0.25) is 14.5 Å². The molecule has 38 heavy (non-hydrogen) atoms. The summed E-state index contributed by atoms with van der Waals surface area (Å²) in [7, 11) is 0. The van der Waals surface area contributed by atoms with E-state index in [1.165, 1.54) is 4.90 Å². The van der Waals surface area contributed by atoms with Crippen molar-refractivity contribution in [3.05, 3.63) is 70.8 Å². The van der Waals surface area contributed by atoms with E-state index in [0.29, 0.717) is 17.8 Å². The van der Waals surface area contributed by atoms with Crippen LogP contribution in [0.25, 0.3) is 0 Å². The Morgan fingerprint density at radius 3 is 1.71 bits per heavy atom. The molecule has 2 amide bonds. The number of hydrogen-bond donors (Lipinski definition) is 0. The maximum absolute atomic E-state index is 14.2. The van der Waals surface area contributed by atoms with Gasteiger partial charge in [0.1, 0.15) is 12.1 Å². The highest BCUT2D eigenvalue weighted by Gasteiger charge is 2.63. The van der Waals surface area contributed by atoms with Crippen LogP contribution in [0.15, 0.2) is 48.5 Å². The number of imide groups is 1. The molecule has 2 aromatic rings. The number of rotatable bonds is 5. The predicted molar refractivity (Wildman–Crippen MR) is 145 cm³/mol. The summed E-state index contributed by atoms with van der Waals surface area (Å²) in [6.45, 7) is 10.4. The summed E-state index contributed by atoms with van der Waals surface area (Å²) in [4.78, 5) is 43.6. The summed E-state index contributed by atoms with van der Waals surface area (Å²) in [5.74, 6) is -1.21. The van der Waals surface area contributed by atoms with E-state index in [2.05, 4.69) is 45.0 Å². The third kappa shape index (κ3) is 3.68. The zero-order valence-electron chi connectivity index (χ0n) is 23.1. The van der Waals surface area contributed by atoms with Gasteiger partial charge < -0.3 is 4.74 Å². The fraction of sp³-hybridized carbons (Fsp3) is 0.545. The number of likely N-dealkylation sites (tertiary alicyclic amines) is 1. The number of amides is 2. The second-order valence-electron chi connectivity index (χ2n) is 12.8. The van der Waals surface area contributed by atoms with Crippen LogP contribution in [0, 0.1) is 35.5 Å². The van der Waals surface area contributed by atoms with Crippen molar-refractivity contribution in [1.82, 2.24) is 4.90 Å². The minimum Gasteiger partial charge on any atom is -0.461 e. The standard InChI is InChI=1S/C33H39NO4/c1-17(2)20-15-14-19(5)16-25(20)38-33(37)30(18(3)4)34-31(35)28-26-21-10-6-7-11-22(21)27(29(28)32(34)36)24-13-9-8-12-23(24)26/h6-13,17-20,25-30H,14-16H2,1-5H3/t19-,20+,25-,26?,27?,28-,29+,30-/m1/s1. The minimum absolute atomic E-state index is 0.174. The van der Waals surface area contributed by atoms with Gasteiger partial charge in [-0.2, -0.15) is 0 Å². The van der Waals surface area contributed by atoms with Crippen LogP contribution in [0.5, 0.6) is 0 Å². The molecule has 0 N–H and O–H groups in total. The summed E-state index contributed by atoms with van der Waals surface area (Å²) in [5.41, 5.74) is 4.56. The van der Waals surface area contributed by atoms with Crippen molar-refractivity contribution < 1.29 is 19.1 Å². The smallest absolute Gasteiger partial charge is 0.329 e. The molecular weight excluding hydrogens is 474 g/mol. The Morgan fingerprint density at radius 1 is 0.816 bits per heavy atom. The number of hydrogen-bond acceptors (Lipinski definition) is 4. The van der Waals surface area contributed by atoms with Gasteiger partial charge in [0, 0.05) is 11.8 Å². The van der Waals surface area contributed by atoms with Crippen LogP contribution in [-0.2, 0) is 19.1 Å². The topological polar surface area (TPSA) is 63.7 Å². The van der Waals surface area contributed by atoms with Gasteiger partial charge >= 0.3 is 5.97 Å². The molecule has 0 aromatic heterocycles. The lowest BCUT2D eigenvalue weighted by Gasteiger charge is -2.45. The molecule has 0 spiro atoms. The van der Waals surface area contributed by atoms with E-state index in [1.807, 2.05) is 38.1 Å². The normalized spacial score (nSPS) is 32.3. The molecule has 5 heteroatoms. The van der Waals surface area contributed by atoms with Gasteiger partial charge in [0.2, 0.25) is 11.8 Å². The Hall–Kier alpha value is -2.95. The summed E-state index contributed by atoms with van der Waals surface area (Å²) < 4.78 is 6.23. The molecule has 5 aliphatic rings. The van der Waals surface area contributed by atoms with Crippen molar-refractivity contribution in [1.29, 1.82) is 0 Å². The number of carbonyl (C=O) groups is 3. The average Bonchev–Trinajstić information content (AvgIpc) is 3.14. The van der Waals surface area contributed by atoms with Crippen LogP contribution in [0.4, 0.5) is 0 Å². The molecular formula is C33H39NO4. The summed E-state index contributed by atoms with van der Waals surface area (Å²) in [6, 6.07) is 15.6. The third-order valence-electron chi connectivity index (χ3n) is 9.86. The molecule has 6 atom stereocenters. The number of carbonyl (C=O) groups excluding carboxylic acids is 3. The average molecular weight is 514 g/mol. The largest absolute Gasteiger partial charge is 0.461 e. The first kappa shape index (κ1) is 25.3. The quantitative estimate of drug-likeness (QED) is 0.368. The van der Waals surface area contributed by atoms with Crippen molar-refractivity contribution in [2.24, 2.45) is 35.5 Å². The lowest BCUT2D eigenvalue weighted by atomic mass is 9.55. The molecule has 1 saturated carbocycles. The van der Waals surface area contributed by atoms with Crippen LogP contribution in [0.1, 0.15) is 88.0 Å². The van der Waals surface area contributed by atoms with Crippen molar-refractivity contribution in [2.75, 3.05) is 0 Å². The van der Waals surface area contributed by atoms with Crippen molar-refractivity contribution in [3.8, 4) is 0 Å². The van der Waals surface area contributed by atoms with Gasteiger partial charge in [0.25, 0.3) is 0 Å². The first-order valence-electron chi connectivity index (χ1n) is 14.5. The Kier molecular flexibility index (Phi) is 6.24. The molecule has 1 heterocycles. The molecule has 0 radical (unpaired) electrons. The van der Waals surface area contributed by atoms with E-state index in [0.717, 1.165) is 41.5 Å². The second-order valence-corrected chi connectivity index (χ2v) is 12.8. The van der Waals surface area contributed by atoms with Crippen LogP contribution in [0.3, 0.4) is 0 Å². The number of benzene rings is 2. The number of esters is 1. The summed E-state index contributed by atoms with van der Waals surface area (Å²) >= 11 is 0. The molecule has 2 bridgehead atoms. The Labute approximate surface area is 225 Å². The highest BCUT2D eigenvalue weighted by atomic mass is 16.5. The lowest BCUT2D eigenvalue weighted by Crippen LogP contribution is -2.51. The van der Waals surface area contributed by atoms with Gasteiger partial charge in [-0.15, -0.1) is 0 Å². The molecule has 1 saturated heterocycles. The van der Waals surface area contributed by atoms with E-state index in [9.17, 15) is 14.4 Å².